The molecule has 0 radical (unpaired) electrons. The normalized spacial score (nSPS) is 28.2. The smallest absolute Gasteiger partial charge is 0.123 e. The molecule has 0 bridgehead atoms. The van der Waals surface area contributed by atoms with Crippen LogP contribution in [-0.2, 0) is 6.42 Å². The van der Waals surface area contributed by atoms with Gasteiger partial charge in [-0.3, -0.25) is 0 Å². The molecule has 0 spiro atoms. The molecule has 0 amide bonds. The van der Waals surface area contributed by atoms with Crippen LogP contribution in [0.5, 0.6) is 5.75 Å². The first-order valence-corrected chi connectivity index (χ1v) is 9.16. The van der Waals surface area contributed by atoms with Crippen molar-refractivity contribution < 1.29 is 4.74 Å². The lowest BCUT2D eigenvalue weighted by molar-refractivity contribution is 0.222. The molecule has 1 N–H and O–H groups in total. The summed E-state index contributed by atoms with van der Waals surface area (Å²) in [5.41, 5.74) is 1.33. The molecule has 1 heterocycles. The van der Waals surface area contributed by atoms with Crippen molar-refractivity contribution in [2.45, 2.75) is 51.6 Å². The van der Waals surface area contributed by atoms with Gasteiger partial charge in [-0.05, 0) is 48.6 Å². The predicted molar refractivity (Wildman–Crippen MR) is 90.9 cm³/mol. The van der Waals surface area contributed by atoms with Crippen LogP contribution < -0.4 is 10.1 Å². The monoisotopic (exact) mass is 351 g/mol. The Hall–Kier alpha value is -0.540. The topological polar surface area (TPSA) is 21.3 Å². The van der Waals surface area contributed by atoms with Crippen LogP contribution in [0.2, 0.25) is 0 Å². The van der Waals surface area contributed by atoms with Gasteiger partial charge in [-0.25, -0.2) is 0 Å². The van der Waals surface area contributed by atoms with E-state index in [0.717, 1.165) is 41.6 Å². The van der Waals surface area contributed by atoms with Crippen LogP contribution in [0.25, 0.3) is 0 Å². The Kier molecular flexibility index (Phi) is 5.23. The van der Waals surface area contributed by atoms with Crippen molar-refractivity contribution in [3.05, 3.63) is 28.2 Å². The maximum absolute atomic E-state index is 5.98. The van der Waals surface area contributed by atoms with Gasteiger partial charge in [-0.15, -0.1) is 0 Å². The summed E-state index contributed by atoms with van der Waals surface area (Å²) in [7, 11) is 0. The third kappa shape index (κ3) is 4.23. The van der Waals surface area contributed by atoms with Gasteiger partial charge in [-0.2, -0.15) is 0 Å². The molecule has 3 rings (SSSR count). The van der Waals surface area contributed by atoms with E-state index < -0.39 is 0 Å². The minimum atomic E-state index is 0.306. The van der Waals surface area contributed by atoms with E-state index in [0.29, 0.717) is 6.10 Å². The van der Waals surface area contributed by atoms with Gasteiger partial charge in [0.2, 0.25) is 0 Å². The number of benzene rings is 1. The standard InChI is InChI=1S/C18H26BrNO/c1-13-2-4-14(5-3-13)8-9-20-12-17-11-15-10-16(19)6-7-18(15)21-17/h6-7,10,13-14,17,20H,2-5,8-9,11-12H2,1H3. The SMILES string of the molecule is CC1CCC(CCNCC2Cc3cc(Br)ccc3O2)CC1. The van der Waals surface area contributed by atoms with E-state index >= 15 is 0 Å². The van der Waals surface area contributed by atoms with Crippen molar-refractivity contribution in [2.75, 3.05) is 13.1 Å². The molecule has 1 aromatic rings. The quantitative estimate of drug-likeness (QED) is 0.785. The highest BCUT2D eigenvalue weighted by Gasteiger charge is 2.23. The lowest BCUT2D eigenvalue weighted by Gasteiger charge is -2.26. The Labute approximate surface area is 136 Å². The second-order valence-electron chi connectivity index (χ2n) is 6.81. The van der Waals surface area contributed by atoms with Crippen LogP contribution in [0.4, 0.5) is 0 Å². The summed E-state index contributed by atoms with van der Waals surface area (Å²) in [4.78, 5) is 0. The highest BCUT2D eigenvalue weighted by molar-refractivity contribution is 9.10. The fourth-order valence-corrected chi connectivity index (χ4v) is 4.00. The van der Waals surface area contributed by atoms with Crippen molar-refractivity contribution in [1.82, 2.24) is 5.32 Å². The number of halogens is 1. The Morgan fingerprint density at radius 2 is 2.05 bits per heavy atom. The van der Waals surface area contributed by atoms with Crippen molar-refractivity contribution in [3.63, 3.8) is 0 Å². The molecular formula is C18H26BrNO. The van der Waals surface area contributed by atoms with Gasteiger partial charge in [0.1, 0.15) is 11.9 Å². The van der Waals surface area contributed by atoms with Crippen molar-refractivity contribution in [1.29, 1.82) is 0 Å². The number of hydrogen-bond donors (Lipinski definition) is 1. The maximum atomic E-state index is 5.98. The van der Waals surface area contributed by atoms with Gasteiger partial charge < -0.3 is 10.1 Å². The zero-order valence-electron chi connectivity index (χ0n) is 12.9. The minimum Gasteiger partial charge on any atom is -0.488 e. The molecule has 0 aromatic heterocycles. The van der Waals surface area contributed by atoms with Gasteiger partial charge in [0.25, 0.3) is 0 Å². The lowest BCUT2D eigenvalue weighted by Crippen LogP contribution is -2.31. The molecule has 1 aliphatic carbocycles. The summed E-state index contributed by atoms with van der Waals surface area (Å²) in [5.74, 6) is 2.97. The van der Waals surface area contributed by atoms with E-state index in [2.05, 4.69) is 46.4 Å². The second kappa shape index (κ2) is 7.15. The Bertz CT molecular complexity index is 468. The predicted octanol–water partition coefficient (Wildman–Crippen LogP) is 4.56. The lowest BCUT2D eigenvalue weighted by atomic mass is 9.81. The Morgan fingerprint density at radius 1 is 1.24 bits per heavy atom. The third-order valence-electron chi connectivity index (χ3n) is 5.00. The summed E-state index contributed by atoms with van der Waals surface area (Å²) in [6.45, 7) is 4.50. The number of hydrogen-bond acceptors (Lipinski definition) is 2. The van der Waals surface area contributed by atoms with Crippen molar-refractivity contribution >= 4 is 15.9 Å². The second-order valence-corrected chi connectivity index (χ2v) is 7.73. The molecule has 1 aliphatic heterocycles. The van der Waals surface area contributed by atoms with E-state index in [9.17, 15) is 0 Å². The van der Waals surface area contributed by atoms with Gasteiger partial charge >= 0.3 is 0 Å². The number of ether oxygens (including phenoxy) is 1. The molecule has 1 atom stereocenters. The van der Waals surface area contributed by atoms with Crippen LogP contribution >= 0.6 is 15.9 Å². The maximum Gasteiger partial charge on any atom is 0.123 e. The number of nitrogens with one attached hydrogen (secondary N) is 1. The molecule has 21 heavy (non-hydrogen) atoms. The molecule has 2 nitrogen and oxygen atoms in total. The Balaban J connectivity index is 1.34. The fraction of sp³-hybridized carbons (Fsp3) is 0.667. The summed E-state index contributed by atoms with van der Waals surface area (Å²) < 4.78 is 7.13. The zero-order chi connectivity index (χ0) is 14.7. The van der Waals surface area contributed by atoms with Crippen molar-refractivity contribution in [3.8, 4) is 5.75 Å². The first-order chi connectivity index (χ1) is 10.2. The largest absolute Gasteiger partial charge is 0.488 e. The molecule has 1 aromatic carbocycles. The summed E-state index contributed by atoms with van der Waals surface area (Å²) >= 11 is 3.53. The zero-order valence-corrected chi connectivity index (χ0v) is 14.5. The first-order valence-electron chi connectivity index (χ1n) is 8.36. The minimum absolute atomic E-state index is 0.306. The number of fused-ring (bicyclic) bond motifs is 1. The average Bonchev–Trinajstić information content (AvgIpc) is 2.87. The van der Waals surface area contributed by atoms with Gasteiger partial charge in [-0.1, -0.05) is 48.5 Å². The van der Waals surface area contributed by atoms with E-state index in [1.807, 2.05) is 0 Å². The molecule has 1 unspecified atom stereocenters. The molecule has 0 saturated heterocycles. The van der Waals surface area contributed by atoms with Crippen LogP contribution in [0.15, 0.2) is 22.7 Å². The molecule has 1 fully saturated rings. The summed E-state index contributed by atoms with van der Waals surface area (Å²) in [5, 5.41) is 3.60. The molecule has 2 aliphatic rings. The molecular weight excluding hydrogens is 326 g/mol. The van der Waals surface area contributed by atoms with Gasteiger partial charge in [0.15, 0.2) is 0 Å². The average molecular weight is 352 g/mol. The van der Waals surface area contributed by atoms with E-state index in [-0.39, 0.29) is 0 Å². The van der Waals surface area contributed by atoms with Crippen molar-refractivity contribution in [2.24, 2.45) is 11.8 Å². The summed E-state index contributed by atoms with van der Waals surface area (Å²) in [6, 6.07) is 6.31. The van der Waals surface area contributed by atoms with Crippen LogP contribution in [0, 0.1) is 11.8 Å². The van der Waals surface area contributed by atoms with E-state index in [1.165, 1.54) is 37.7 Å². The molecule has 3 heteroatoms. The molecule has 1 saturated carbocycles. The fourth-order valence-electron chi connectivity index (χ4n) is 3.59. The first kappa shape index (κ1) is 15.4. The van der Waals surface area contributed by atoms with E-state index in [4.69, 9.17) is 4.74 Å². The molecule has 116 valence electrons. The van der Waals surface area contributed by atoms with Crippen LogP contribution in [-0.4, -0.2) is 19.2 Å². The third-order valence-corrected chi connectivity index (χ3v) is 5.49. The van der Waals surface area contributed by atoms with Gasteiger partial charge in [0, 0.05) is 17.4 Å². The highest BCUT2D eigenvalue weighted by Crippen LogP contribution is 2.31. The summed E-state index contributed by atoms with van der Waals surface area (Å²) in [6.07, 6.45) is 8.40. The highest BCUT2D eigenvalue weighted by atomic mass is 79.9. The Morgan fingerprint density at radius 3 is 2.86 bits per heavy atom. The van der Waals surface area contributed by atoms with Gasteiger partial charge in [0.05, 0.1) is 0 Å². The number of rotatable bonds is 5. The van der Waals surface area contributed by atoms with E-state index in [1.54, 1.807) is 0 Å². The van der Waals surface area contributed by atoms with Crippen LogP contribution in [0.3, 0.4) is 0 Å². The van der Waals surface area contributed by atoms with Crippen LogP contribution in [0.1, 0.15) is 44.6 Å².